The molecule has 146 valence electrons. The van der Waals surface area contributed by atoms with Crippen LogP contribution in [0, 0.1) is 0 Å². The summed E-state index contributed by atoms with van der Waals surface area (Å²) in [6, 6.07) is 11.4. The van der Waals surface area contributed by atoms with E-state index < -0.39 is 0 Å². The van der Waals surface area contributed by atoms with Gasteiger partial charge in [0.25, 0.3) is 0 Å². The average molecular weight is 368 g/mol. The highest BCUT2D eigenvalue weighted by molar-refractivity contribution is 5.23. The van der Waals surface area contributed by atoms with Crippen LogP contribution in [0.5, 0.6) is 0 Å². The Kier molecular flexibility index (Phi) is 6.25. The number of hydrogen-bond donors (Lipinski definition) is 2. The summed E-state index contributed by atoms with van der Waals surface area (Å²) in [4.78, 5) is 0. The van der Waals surface area contributed by atoms with E-state index in [1.54, 1.807) is 0 Å². The predicted octanol–water partition coefficient (Wildman–Crippen LogP) is 4.55. The molecule has 0 unspecified atom stereocenters. The van der Waals surface area contributed by atoms with Crippen LogP contribution in [0.4, 0.5) is 0 Å². The van der Waals surface area contributed by atoms with E-state index in [-0.39, 0.29) is 0 Å². The third-order valence-electron chi connectivity index (χ3n) is 6.53. The van der Waals surface area contributed by atoms with Gasteiger partial charge in [0, 0.05) is 18.2 Å². The van der Waals surface area contributed by atoms with Crippen molar-refractivity contribution in [2.24, 2.45) is 0 Å². The Hall–Kier alpha value is -1.65. The topological polar surface area (TPSA) is 49.9 Å². The average Bonchev–Trinajstić information content (AvgIpc) is 3.22. The van der Waals surface area contributed by atoms with Crippen LogP contribution >= 0.6 is 0 Å². The van der Waals surface area contributed by atoms with Crippen molar-refractivity contribution in [2.45, 2.75) is 75.9 Å². The lowest BCUT2D eigenvalue weighted by Crippen LogP contribution is -2.44. The molecule has 4 nitrogen and oxygen atoms in total. The number of benzene rings is 1. The first-order valence-electron chi connectivity index (χ1n) is 10.8. The standard InChI is InChI=1S/C23H33N3O/c1-2-17-15-25-26-23(17)21-9-6-14-24-22(21)16-27-20-12-10-19(11-13-20)18-7-4-3-5-8-18/h3-5,7-8,15,19-22,24H,2,6,9-14,16H2,1H3,(H,25,26)/t19-,20+,21-,22-/m1/s1. The lowest BCUT2D eigenvalue weighted by Gasteiger charge is -2.35. The fourth-order valence-corrected chi connectivity index (χ4v) is 4.91. The first-order valence-corrected chi connectivity index (χ1v) is 10.8. The van der Waals surface area contributed by atoms with Crippen LogP contribution in [-0.2, 0) is 11.2 Å². The molecule has 4 rings (SSSR count). The Balaban J connectivity index is 1.30. The zero-order valence-electron chi connectivity index (χ0n) is 16.5. The van der Waals surface area contributed by atoms with Crippen molar-refractivity contribution in [3.63, 3.8) is 0 Å². The van der Waals surface area contributed by atoms with Crippen LogP contribution in [0.3, 0.4) is 0 Å². The lowest BCUT2D eigenvalue weighted by atomic mass is 9.82. The molecule has 0 amide bonds. The van der Waals surface area contributed by atoms with E-state index >= 15 is 0 Å². The molecule has 0 bridgehead atoms. The summed E-state index contributed by atoms with van der Waals surface area (Å²) in [5, 5.41) is 11.4. The summed E-state index contributed by atoms with van der Waals surface area (Å²) in [6.07, 6.45) is 10.8. The summed E-state index contributed by atoms with van der Waals surface area (Å²) in [7, 11) is 0. The SMILES string of the molecule is CCc1c[nH]nc1[C@@H]1CCCN[C@@H]1CO[C@H]1CC[C@@H](c2ccccc2)CC1. The van der Waals surface area contributed by atoms with Crippen molar-refractivity contribution >= 4 is 0 Å². The molecule has 0 spiro atoms. The Bertz CT molecular complexity index is 691. The van der Waals surface area contributed by atoms with E-state index in [2.05, 4.69) is 59.0 Å². The number of ether oxygens (including phenoxy) is 1. The number of nitrogens with one attached hydrogen (secondary N) is 2. The molecule has 1 aromatic carbocycles. The fraction of sp³-hybridized carbons (Fsp3) is 0.609. The number of aromatic nitrogens is 2. The van der Waals surface area contributed by atoms with Gasteiger partial charge in [-0.1, -0.05) is 37.3 Å². The number of nitrogens with zero attached hydrogens (tertiary/aromatic N) is 1. The van der Waals surface area contributed by atoms with Crippen LogP contribution in [0.2, 0.25) is 0 Å². The molecule has 1 saturated carbocycles. The maximum Gasteiger partial charge on any atom is 0.0701 e. The van der Waals surface area contributed by atoms with Gasteiger partial charge in [0.15, 0.2) is 0 Å². The second-order valence-corrected chi connectivity index (χ2v) is 8.18. The van der Waals surface area contributed by atoms with Gasteiger partial charge in [-0.2, -0.15) is 5.10 Å². The number of aromatic amines is 1. The molecule has 1 aromatic heterocycles. The molecule has 1 saturated heterocycles. The van der Waals surface area contributed by atoms with Crippen LogP contribution in [-0.4, -0.2) is 35.5 Å². The molecule has 0 radical (unpaired) electrons. The maximum absolute atomic E-state index is 6.41. The Labute approximate surface area is 163 Å². The summed E-state index contributed by atoms with van der Waals surface area (Å²) in [5.74, 6) is 1.18. The highest BCUT2D eigenvalue weighted by Gasteiger charge is 2.31. The van der Waals surface area contributed by atoms with Crippen LogP contribution in [0.1, 0.15) is 74.1 Å². The Morgan fingerprint density at radius 2 is 1.89 bits per heavy atom. The minimum atomic E-state index is 0.388. The van der Waals surface area contributed by atoms with Crippen molar-refractivity contribution in [3.8, 4) is 0 Å². The predicted molar refractivity (Wildman–Crippen MR) is 109 cm³/mol. The van der Waals surface area contributed by atoms with E-state index in [1.807, 2.05) is 0 Å². The van der Waals surface area contributed by atoms with Crippen molar-refractivity contribution in [1.82, 2.24) is 15.5 Å². The van der Waals surface area contributed by atoms with Crippen molar-refractivity contribution < 1.29 is 4.74 Å². The molecule has 27 heavy (non-hydrogen) atoms. The molecule has 2 N–H and O–H groups in total. The molecule has 2 aromatic rings. The molecule has 2 fully saturated rings. The van der Waals surface area contributed by atoms with Crippen LogP contribution in [0.25, 0.3) is 0 Å². The van der Waals surface area contributed by atoms with E-state index in [9.17, 15) is 0 Å². The molecular weight excluding hydrogens is 334 g/mol. The number of rotatable bonds is 6. The van der Waals surface area contributed by atoms with Gasteiger partial charge in [0.05, 0.1) is 18.4 Å². The summed E-state index contributed by atoms with van der Waals surface area (Å²) >= 11 is 0. The Morgan fingerprint density at radius 1 is 1.07 bits per heavy atom. The van der Waals surface area contributed by atoms with E-state index in [0.29, 0.717) is 24.0 Å². The molecule has 1 aliphatic heterocycles. The highest BCUT2D eigenvalue weighted by Crippen LogP contribution is 2.35. The molecule has 4 heteroatoms. The van der Waals surface area contributed by atoms with E-state index in [1.165, 1.54) is 55.3 Å². The maximum atomic E-state index is 6.41. The van der Waals surface area contributed by atoms with Crippen LogP contribution in [0.15, 0.2) is 36.5 Å². The highest BCUT2D eigenvalue weighted by atomic mass is 16.5. The third-order valence-corrected chi connectivity index (χ3v) is 6.53. The second-order valence-electron chi connectivity index (χ2n) is 8.18. The first-order chi connectivity index (χ1) is 13.3. The second kappa shape index (κ2) is 9.03. The van der Waals surface area contributed by atoms with Gasteiger partial charge < -0.3 is 10.1 Å². The van der Waals surface area contributed by atoms with Crippen molar-refractivity contribution in [3.05, 3.63) is 53.3 Å². The molecule has 1 aliphatic carbocycles. The lowest BCUT2D eigenvalue weighted by molar-refractivity contribution is 0.00540. The summed E-state index contributed by atoms with van der Waals surface area (Å²) in [5.41, 5.74) is 4.11. The number of H-pyrrole nitrogens is 1. The minimum absolute atomic E-state index is 0.388. The zero-order valence-corrected chi connectivity index (χ0v) is 16.5. The summed E-state index contributed by atoms with van der Waals surface area (Å²) in [6.45, 7) is 4.11. The van der Waals surface area contributed by atoms with Gasteiger partial charge in [-0.15, -0.1) is 0 Å². The van der Waals surface area contributed by atoms with E-state index in [4.69, 9.17) is 4.74 Å². The zero-order chi connectivity index (χ0) is 18.5. The molecule has 2 atom stereocenters. The van der Waals surface area contributed by atoms with E-state index in [0.717, 1.165) is 19.6 Å². The fourth-order valence-electron chi connectivity index (χ4n) is 4.91. The molecule has 2 heterocycles. The number of hydrogen-bond acceptors (Lipinski definition) is 3. The van der Waals surface area contributed by atoms with Gasteiger partial charge in [-0.25, -0.2) is 0 Å². The first kappa shape index (κ1) is 18.7. The van der Waals surface area contributed by atoms with Gasteiger partial charge in [0.2, 0.25) is 0 Å². The minimum Gasteiger partial charge on any atom is -0.377 e. The Morgan fingerprint density at radius 3 is 2.67 bits per heavy atom. The van der Waals surface area contributed by atoms with Crippen LogP contribution < -0.4 is 5.32 Å². The van der Waals surface area contributed by atoms with Gasteiger partial charge >= 0.3 is 0 Å². The van der Waals surface area contributed by atoms with Gasteiger partial charge in [0.1, 0.15) is 0 Å². The normalized spacial score (nSPS) is 28.9. The monoisotopic (exact) mass is 367 g/mol. The summed E-state index contributed by atoms with van der Waals surface area (Å²) < 4.78 is 6.41. The van der Waals surface area contributed by atoms with Gasteiger partial charge in [-0.05, 0) is 68.5 Å². The third kappa shape index (κ3) is 4.44. The number of piperidine rings is 1. The van der Waals surface area contributed by atoms with Crippen molar-refractivity contribution in [1.29, 1.82) is 0 Å². The van der Waals surface area contributed by atoms with Gasteiger partial charge in [-0.3, -0.25) is 5.10 Å². The smallest absolute Gasteiger partial charge is 0.0701 e. The van der Waals surface area contributed by atoms with Crippen molar-refractivity contribution in [2.75, 3.05) is 13.2 Å². The number of aryl methyl sites for hydroxylation is 1. The molecular formula is C23H33N3O. The molecule has 2 aliphatic rings. The quantitative estimate of drug-likeness (QED) is 0.787. The largest absolute Gasteiger partial charge is 0.377 e.